The molecule has 0 fully saturated rings. The molecule has 0 amide bonds. The Kier molecular flexibility index (Phi) is 4.89. The van der Waals surface area contributed by atoms with Crippen LogP contribution in [0.2, 0.25) is 0 Å². The summed E-state index contributed by atoms with van der Waals surface area (Å²) in [4.78, 5) is 16.4. The van der Waals surface area contributed by atoms with Crippen molar-refractivity contribution in [3.8, 4) is 22.8 Å². The lowest BCUT2D eigenvalue weighted by molar-refractivity contribution is 0.638. The van der Waals surface area contributed by atoms with Crippen LogP contribution in [0.5, 0.6) is 0 Å². The zero-order chi connectivity index (χ0) is 22.2. The first-order chi connectivity index (χ1) is 15.5. The van der Waals surface area contributed by atoms with Crippen molar-refractivity contribution in [2.24, 2.45) is 5.92 Å². The number of fused-ring (bicyclic) bond motifs is 2. The van der Waals surface area contributed by atoms with Crippen LogP contribution in [0, 0.1) is 11.7 Å². The maximum Gasteiger partial charge on any atom is 0.161 e. The molecule has 0 atom stereocenters. The molecule has 0 aliphatic heterocycles. The van der Waals surface area contributed by atoms with Crippen LogP contribution >= 0.6 is 0 Å². The molecule has 160 valence electrons. The van der Waals surface area contributed by atoms with E-state index >= 15 is 4.39 Å². The Morgan fingerprint density at radius 2 is 1.97 bits per heavy atom. The molecule has 0 spiro atoms. The number of nitrogens with one attached hydrogen (secondary N) is 3. The van der Waals surface area contributed by atoms with Crippen molar-refractivity contribution in [3.63, 3.8) is 0 Å². The van der Waals surface area contributed by atoms with Gasteiger partial charge in [-0.15, -0.1) is 0 Å². The minimum atomic E-state index is -0.480. The van der Waals surface area contributed by atoms with Crippen LogP contribution in [-0.2, 0) is 0 Å². The summed E-state index contributed by atoms with van der Waals surface area (Å²) >= 11 is 0. The summed E-state index contributed by atoms with van der Waals surface area (Å²) in [6, 6.07) is 9.45. The number of aromatic amines is 2. The van der Waals surface area contributed by atoms with Gasteiger partial charge in [-0.05, 0) is 30.5 Å². The van der Waals surface area contributed by atoms with Crippen molar-refractivity contribution in [3.05, 3.63) is 67.0 Å². The molecule has 1 aromatic carbocycles. The first-order valence-electron chi connectivity index (χ1n) is 10.4. The number of benzene rings is 1. The Bertz CT molecular complexity index is 1410. The predicted octanol–water partition coefficient (Wildman–Crippen LogP) is 5.67. The number of anilines is 1. The van der Waals surface area contributed by atoms with E-state index in [1.807, 2.05) is 30.3 Å². The highest BCUT2D eigenvalue weighted by molar-refractivity contribution is 5.95. The maximum atomic E-state index is 15.7. The first kappa shape index (κ1) is 19.9. The van der Waals surface area contributed by atoms with E-state index in [0.717, 1.165) is 28.8 Å². The predicted molar refractivity (Wildman–Crippen MR) is 124 cm³/mol. The quantitative estimate of drug-likeness (QED) is 0.324. The van der Waals surface area contributed by atoms with Gasteiger partial charge in [0.2, 0.25) is 0 Å². The highest BCUT2D eigenvalue weighted by atomic mass is 19.1. The minimum Gasteiger partial charge on any atom is -0.358 e. The fraction of sp³-hybridized carbons (Fsp3) is 0.167. The van der Waals surface area contributed by atoms with E-state index in [1.165, 1.54) is 0 Å². The smallest absolute Gasteiger partial charge is 0.161 e. The molecule has 0 unspecified atom stereocenters. The lowest BCUT2D eigenvalue weighted by Gasteiger charge is -2.12. The van der Waals surface area contributed by atoms with E-state index in [1.54, 1.807) is 18.6 Å². The van der Waals surface area contributed by atoms with Gasteiger partial charge in [0.25, 0.3) is 0 Å². The van der Waals surface area contributed by atoms with E-state index in [9.17, 15) is 0 Å². The zero-order valence-corrected chi connectivity index (χ0v) is 17.8. The summed E-state index contributed by atoms with van der Waals surface area (Å²) in [6.07, 6.45) is 5.68. The van der Waals surface area contributed by atoms with Crippen molar-refractivity contribution < 1.29 is 4.39 Å². The number of halogens is 1. The zero-order valence-electron chi connectivity index (χ0n) is 17.8. The summed E-state index contributed by atoms with van der Waals surface area (Å²) in [5.74, 6) is 0.490. The second kappa shape index (κ2) is 7.88. The van der Waals surface area contributed by atoms with Crippen LogP contribution in [0.25, 0.3) is 44.7 Å². The van der Waals surface area contributed by atoms with Gasteiger partial charge >= 0.3 is 0 Å². The van der Waals surface area contributed by atoms with Gasteiger partial charge in [-0.1, -0.05) is 32.6 Å². The van der Waals surface area contributed by atoms with Gasteiger partial charge in [-0.25, -0.2) is 9.37 Å². The number of pyridine rings is 2. The molecule has 4 heterocycles. The second-order valence-corrected chi connectivity index (χ2v) is 8.17. The molecule has 0 saturated heterocycles. The van der Waals surface area contributed by atoms with Gasteiger partial charge < -0.3 is 10.3 Å². The third-order valence-corrected chi connectivity index (χ3v) is 5.15. The Hall–Kier alpha value is -4.07. The lowest BCUT2D eigenvalue weighted by Crippen LogP contribution is -2.02. The average Bonchev–Trinajstić information content (AvgIpc) is 3.38. The van der Waals surface area contributed by atoms with Crippen LogP contribution < -0.4 is 5.32 Å². The molecular formula is C24H22FN7. The number of aromatic nitrogens is 6. The van der Waals surface area contributed by atoms with Crippen molar-refractivity contribution in [1.82, 2.24) is 30.1 Å². The molecule has 0 radical (unpaired) electrons. The molecule has 0 aliphatic carbocycles. The normalized spacial score (nSPS) is 11.5. The number of H-pyrrole nitrogens is 2. The van der Waals surface area contributed by atoms with Crippen LogP contribution in [-0.4, -0.2) is 30.1 Å². The molecule has 0 aliphatic rings. The highest BCUT2D eigenvalue weighted by Crippen LogP contribution is 2.33. The topological polar surface area (TPSA) is 95.2 Å². The average molecular weight is 427 g/mol. The largest absolute Gasteiger partial charge is 0.358 e. The SMILES string of the molecule is C=C(CC(C)C)Nc1cncc(-c2ncc3[nH]nc(-c4nc5ccccc5[nH]4)c3c2F)c1. The summed E-state index contributed by atoms with van der Waals surface area (Å²) in [5, 5.41) is 10.7. The van der Waals surface area contributed by atoms with Gasteiger partial charge in [0.05, 0.1) is 40.0 Å². The Labute approximate surface area is 183 Å². The third kappa shape index (κ3) is 3.60. The Morgan fingerprint density at radius 3 is 2.78 bits per heavy atom. The van der Waals surface area contributed by atoms with E-state index in [0.29, 0.717) is 33.9 Å². The lowest BCUT2D eigenvalue weighted by atomic mass is 10.1. The van der Waals surface area contributed by atoms with E-state index in [-0.39, 0.29) is 5.69 Å². The maximum absolute atomic E-state index is 15.7. The van der Waals surface area contributed by atoms with E-state index in [4.69, 9.17) is 0 Å². The molecule has 4 aromatic heterocycles. The number of nitrogens with zero attached hydrogens (tertiary/aromatic N) is 4. The first-order valence-corrected chi connectivity index (χ1v) is 10.4. The number of hydrogen-bond donors (Lipinski definition) is 3. The van der Waals surface area contributed by atoms with Crippen LogP contribution in [0.15, 0.2) is 61.2 Å². The molecule has 0 saturated carbocycles. The van der Waals surface area contributed by atoms with Crippen molar-refractivity contribution >= 4 is 27.6 Å². The number of imidazole rings is 1. The molecule has 0 bridgehead atoms. The molecular weight excluding hydrogens is 405 g/mol. The van der Waals surface area contributed by atoms with Gasteiger partial charge in [-0.2, -0.15) is 5.10 Å². The summed E-state index contributed by atoms with van der Waals surface area (Å²) < 4.78 is 15.7. The molecule has 5 rings (SSSR count). The van der Waals surface area contributed by atoms with Gasteiger partial charge in [0, 0.05) is 17.5 Å². The monoisotopic (exact) mass is 427 g/mol. The van der Waals surface area contributed by atoms with Gasteiger partial charge in [0.15, 0.2) is 11.6 Å². The highest BCUT2D eigenvalue weighted by Gasteiger charge is 2.20. The van der Waals surface area contributed by atoms with Crippen molar-refractivity contribution in [2.75, 3.05) is 5.32 Å². The summed E-state index contributed by atoms with van der Waals surface area (Å²) in [7, 11) is 0. The van der Waals surface area contributed by atoms with Crippen molar-refractivity contribution in [1.29, 1.82) is 0 Å². The molecule has 32 heavy (non-hydrogen) atoms. The van der Waals surface area contributed by atoms with E-state index in [2.05, 4.69) is 55.9 Å². The number of rotatable bonds is 6. The second-order valence-electron chi connectivity index (χ2n) is 8.17. The van der Waals surface area contributed by atoms with Crippen molar-refractivity contribution in [2.45, 2.75) is 20.3 Å². The number of allylic oxidation sites excluding steroid dienone is 1. The van der Waals surface area contributed by atoms with Crippen LogP contribution in [0.1, 0.15) is 20.3 Å². The number of para-hydroxylation sites is 2. The van der Waals surface area contributed by atoms with E-state index < -0.39 is 5.82 Å². The Morgan fingerprint density at radius 1 is 1.12 bits per heavy atom. The summed E-state index contributed by atoms with van der Waals surface area (Å²) in [5.41, 5.74) is 4.92. The third-order valence-electron chi connectivity index (χ3n) is 5.15. The summed E-state index contributed by atoms with van der Waals surface area (Å²) in [6.45, 7) is 8.31. The standard InChI is InChI=1S/C24H22FN7/c1-13(2)8-14(3)28-16-9-15(10-26-11-16)22-21(25)20-19(12-27-22)31-32-23(20)24-29-17-6-4-5-7-18(17)30-24/h4-7,9-13,28H,3,8H2,1-2H3,(H,29,30)(H,31,32). The van der Waals surface area contributed by atoms with Crippen LogP contribution in [0.3, 0.4) is 0 Å². The Balaban J connectivity index is 1.56. The molecule has 3 N–H and O–H groups in total. The van der Waals surface area contributed by atoms with Gasteiger partial charge in [-0.3, -0.25) is 15.1 Å². The molecule has 8 heteroatoms. The number of hydrogen-bond acceptors (Lipinski definition) is 5. The minimum absolute atomic E-state index is 0.196. The fourth-order valence-electron chi connectivity index (χ4n) is 3.80. The molecule has 5 aromatic rings. The van der Waals surface area contributed by atoms with Crippen LogP contribution in [0.4, 0.5) is 10.1 Å². The fourth-order valence-corrected chi connectivity index (χ4v) is 3.80. The van der Waals surface area contributed by atoms with Gasteiger partial charge in [0.1, 0.15) is 11.4 Å². The molecule has 7 nitrogen and oxygen atoms in total.